The highest BCUT2D eigenvalue weighted by Gasteiger charge is 2.67. The normalized spacial score (nSPS) is 21.9. The minimum atomic E-state index is -1.24. The summed E-state index contributed by atoms with van der Waals surface area (Å²) >= 11 is 0. The van der Waals surface area contributed by atoms with Gasteiger partial charge in [0.1, 0.15) is 0 Å². The molecule has 1 unspecified atom stereocenters. The maximum atomic E-state index is 11.6. The van der Waals surface area contributed by atoms with E-state index in [-0.39, 0.29) is 25.7 Å². The second kappa shape index (κ2) is 4.61. The molecule has 1 rings (SSSR count). The maximum absolute atomic E-state index is 11.6. The third kappa shape index (κ3) is 1.97. The Morgan fingerprint density at radius 1 is 1.27 bits per heavy atom. The van der Waals surface area contributed by atoms with E-state index in [1.165, 1.54) is 0 Å². The van der Waals surface area contributed by atoms with Crippen molar-refractivity contribution in [3.05, 3.63) is 0 Å². The number of hydrogen-bond acceptors (Lipinski definition) is 5. The van der Waals surface area contributed by atoms with Crippen molar-refractivity contribution >= 4 is 11.9 Å². The highest BCUT2D eigenvalue weighted by Crippen LogP contribution is 2.54. The Kier molecular flexibility index (Phi) is 3.68. The Hall–Kier alpha value is -1.10. The molecule has 0 aliphatic heterocycles. The van der Waals surface area contributed by atoms with Crippen LogP contribution in [0.1, 0.15) is 20.3 Å². The first-order valence-electron chi connectivity index (χ1n) is 5.08. The summed E-state index contributed by atoms with van der Waals surface area (Å²) in [6.07, 6.45) is 0.321. The van der Waals surface area contributed by atoms with E-state index >= 15 is 0 Å². The number of carbonyl (C=O) groups excluding carboxylic acids is 2. The van der Waals surface area contributed by atoms with Crippen LogP contribution >= 0.6 is 0 Å². The molecule has 1 aliphatic rings. The van der Waals surface area contributed by atoms with E-state index < -0.39 is 17.4 Å². The van der Waals surface area contributed by atoms with Crippen LogP contribution in [0, 0.1) is 11.3 Å². The molecule has 0 heterocycles. The molecule has 1 atom stereocenters. The molecule has 0 aromatic carbocycles. The van der Waals surface area contributed by atoms with Gasteiger partial charge in [0.2, 0.25) is 0 Å². The average molecular weight is 216 g/mol. The number of rotatable bonds is 5. The van der Waals surface area contributed by atoms with Gasteiger partial charge in [0.25, 0.3) is 0 Å². The second-order valence-electron chi connectivity index (χ2n) is 3.50. The predicted molar refractivity (Wildman–Crippen MR) is 50.9 cm³/mol. The van der Waals surface area contributed by atoms with Gasteiger partial charge in [-0.1, -0.05) is 0 Å². The summed E-state index contributed by atoms with van der Waals surface area (Å²) in [5.74, 6) is -1.51. The van der Waals surface area contributed by atoms with Crippen molar-refractivity contribution in [1.82, 2.24) is 0 Å². The Bertz CT molecular complexity index is 243. The molecule has 1 saturated carbocycles. The fourth-order valence-electron chi connectivity index (χ4n) is 1.65. The summed E-state index contributed by atoms with van der Waals surface area (Å²) in [6, 6.07) is 0. The molecule has 0 spiro atoms. The molecule has 1 aliphatic carbocycles. The lowest BCUT2D eigenvalue weighted by Crippen LogP contribution is -2.32. The molecule has 0 bridgehead atoms. The average Bonchev–Trinajstić information content (AvgIpc) is 2.94. The van der Waals surface area contributed by atoms with Crippen molar-refractivity contribution in [2.75, 3.05) is 19.8 Å². The van der Waals surface area contributed by atoms with Crippen molar-refractivity contribution in [3.63, 3.8) is 0 Å². The quantitative estimate of drug-likeness (QED) is 0.521. The SMILES string of the molecule is CCOC(=O)C1(C(=O)OCC)CC1CO. The summed E-state index contributed by atoms with van der Waals surface area (Å²) in [5.41, 5.74) is -1.24. The summed E-state index contributed by atoms with van der Waals surface area (Å²) in [7, 11) is 0. The molecular formula is C10H16O5. The summed E-state index contributed by atoms with van der Waals surface area (Å²) in [4.78, 5) is 23.2. The van der Waals surface area contributed by atoms with Gasteiger partial charge < -0.3 is 14.6 Å². The zero-order chi connectivity index (χ0) is 11.5. The van der Waals surface area contributed by atoms with E-state index in [9.17, 15) is 9.59 Å². The van der Waals surface area contributed by atoms with E-state index in [2.05, 4.69) is 0 Å². The van der Waals surface area contributed by atoms with Gasteiger partial charge in [0.15, 0.2) is 5.41 Å². The van der Waals surface area contributed by atoms with Crippen molar-refractivity contribution in [1.29, 1.82) is 0 Å². The van der Waals surface area contributed by atoms with Crippen molar-refractivity contribution in [2.24, 2.45) is 11.3 Å². The van der Waals surface area contributed by atoms with Gasteiger partial charge in [0, 0.05) is 12.5 Å². The van der Waals surface area contributed by atoms with Gasteiger partial charge in [-0.3, -0.25) is 9.59 Å². The van der Waals surface area contributed by atoms with E-state index in [0.29, 0.717) is 6.42 Å². The number of ether oxygens (including phenoxy) is 2. The van der Waals surface area contributed by atoms with Crippen LogP contribution in [0.2, 0.25) is 0 Å². The highest BCUT2D eigenvalue weighted by atomic mass is 16.6. The number of esters is 2. The first-order valence-corrected chi connectivity index (χ1v) is 5.08. The summed E-state index contributed by atoms with van der Waals surface area (Å²) in [5, 5.41) is 8.96. The zero-order valence-electron chi connectivity index (χ0n) is 8.99. The Labute approximate surface area is 88.4 Å². The standard InChI is InChI=1S/C10H16O5/c1-3-14-8(12)10(5-7(10)6-11)9(13)15-4-2/h7,11H,3-6H2,1-2H3. The minimum absolute atomic E-state index is 0.197. The van der Waals surface area contributed by atoms with Crippen molar-refractivity contribution in [3.8, 4) is 0 Å². The van der Waals surface area contributed by atoms with Crippen molar-refractivity contribution < 1.29 is 24.2 Å². The molecular weight excluding hydrogens is 200 g/mol. The van der Waals surface area contributed by atoms with Crippen LogP contribution < -0.4 is 0 Å². The molecule has 1 fully saturated rings. The molecule has 5 heteroatoms. The van der Waals surface area contributed by atoms with E-state index in [0.717, 1.165) is 0 Å². The van der Waals surface area contributed by atoms with E-state index in [4.69, 9.17) is 14.6 Å². The van der Waals surface area contributed by atoms with Crippen LogP contribution in [0.3, 0.4) is 0 Å². The molecule has 5 nitrogen and oxygen atoms in total. The Morgan fingerprint density at radius 2 is 1.73 bits per heavy atom. The molecule has 1 N–H and O–H groups in total. The first-order chi connectivity index (χ1) is 7.13. The fourth-order valence-corrected chi connectivity index (χ4v) is 1.65. The fraction of sp³-hybridized carbons (Fsp3) is 0.800. The van der Waals surface area contributed by atoms with Crippen LogP contribution in [-0.2, 0) is 19.1 Å². The van der Waals surface area contributed by atoms with E-state index in [1.54, 1.807) is 13.8 Å². The van der Waals surface area contributed by atoms with Gasteiger partial charge in [-0.2, -0.15) is 0 Å². The van der Waals surface area contributed by atoms with E-state index in [1.807, 2.05) is 0 Å². The smallest absolute Gasteiger partial charge is 0.323 e. The number of aliphatic hydroxyl groups excluding tert-OH is 1. The monoisotopic (exact) mass is 216 g/mol. The molecule has 0 radical (unpaired) electrons. The van der Waals surface area contributed by atoms with Crippen LogP contribution in [0.25, 0.3) is 0 Å². The molecule has 0 amide bonds. The van der Waals surface area contributed by atoms with Crippen molar-refractivity contribution in [2.45, 2.75) is 20.3 Å². The van der Waals surface area contributed by atoms with Crippen LogP contribution in [0.4, 0.5) is 0 Å². The third-order valence-corrected chi connectivity index (χ3v) is 2.60. The summed E-state index contributed by atoms with van der Waals surface area (Å²) < 4.78 is 9.64. The molecule has 0 aromatic heterocycles. The summed E-state index contributed by atoms with van der Waals surface area (Å²) in [6.45, 7) is 3.59. The topological polar surface area (TPSA) is 72.8 Å². The largest absolute Gasteiger partial charge is 0.465 e. The van der Waals surface area contributed by atoms with Gasteiger partial charge >= 0.3 is 11.9 Å². The van der Waals surface area contributed by atoms with Gasteiger partial charge in [-0.05, 0) is 20.3 Å². The molecule has 86 valence electrons. The lowest BCUT2D eigenvalue weighted by atomic mass is 10.0. The number of aliphatic hydroxyl groups is 1. The van der Waals surface area contributed by atoms with Gasteiger partial charge in [-0.25, -0.2) is 0 Å². The van der Waals surface area contributed by atoms with Gasteiger partial charge in [0.05, 0.1) is 13.2 Å². The third-order valence-electron chi connectivity index (χ3n) is 2.60. The van der Waals surface area contributed by atoms with Crippen LogP contribution in [-0.4, -0.2) is 36.9 Å². The molecule has 15 heavy (non-hydrogen) atoms. The molecule has 0 saturated heterocycles. The minimum Gasteiger partial charge on any atom is -0.465 e. The lowest BCUT2D eigenvalue weighted by Gasteiger charge is -2.13. The van der Waals surface area contributed by atoms with Crippen LogP contribution in [0.5, 0.6) is 0 Å². The zero-order valence-corrected chi connectivity index (χ0v) is 8.99. The number of carbonyl (C=O) groups is 2. The Balaban J connectivity index is 2.73. The maximum Gasteiger partial charge on any atom is 0.323 e. The first kappa shape index (κ1) is 12.0. The highest BCUT2D eigenvalue weighted by molar-refractivity contribution is 6.03. The lowest BCUT2D eigenvalue weighted by molar-refractivity contribution is -0.165. The second-order valence-corrected chi connectivity index (χ2v) is 3.50. The number of hydrogen-bond donors (Lipinski definition) is 1. The Morgan fingerprint density at radius 3 is 2.00 bits per heavy atom. The van der Waals surface area contributed by atoms with Crippen LogP contribution in [0.15, 0.2) is 0 Å². The molecule has 0 aromatic rings. The predicted octanol–water partition coefficient (Wildman–Crippen LogP) is 0.111. The van der Waals surface area contributed by atoms with Gasteiger partial charge in [-0.15, -0.1) is 0 Å².